The molecule has 2 aliphatic rings. The molecular weight excluding hydrogens is 773 g/mol. The van der Waals surface area contributed by atoms with E-state index in [0.29, 0.717) is 11.1 Å². The standard InChI is InChI=1S/C62H72Si/c1-39-37-53-49(41-17-25-45(26-18-41)59(3,4)5)33-35-51(43-21-29-47(30-22-43)61(9,10)11)55(53)57(39)63(15,16)58-40(2)38-54-50(42-19-27-46(28-20-42)60(6,7)8)34-36-52(56(54)58)44-23-31-48(32-24-44)62(12,13)14/h17-38,57-58H,1-16H3/t57-,58+. The molecule has 0 fully saturated rings. The second-order valence-electron chi connectivity index (χ2n) is 23.7. The molecule has 0 saturated heterocycles. The van der Waals surface area contributed by atoms with Crippen LogP contribution in [-0.2, 0) is 21.7 Å². The van der Waals surface area contributed by atoms with Gasteiger partial charge >= 0.3 is 0 Å². The molecule has 2 atom stereocenters. The summed E-state index contributed by atoms with van der Waals surface area (Å²) in [5.74, 6) is 0. The van der Waals surface area contributed by atoms with Gasteiger partial charge in [0, 0.05) is 11.1 Å². The molecule has 0 nitrogen and oxygen atoms in total. The Morgan fingerprint density at radius 1 is 0.317 bits per heavy atom. The van der Waals surface area contributed by atoms with Gasteiger partial charge in [-0.1, -0.05) is 241 Å². The van der Waals surface area contributed by atoms with Crippen molar-refractivity contribution in [3.63, 3.8) is 0 Å². The minimum absolute atomic E-state index is 0.0944. The van der Waals surface area contributed by atoms with Crippen LogP contribution in [0.25, 0.3) is 56.7 Å². The van der Waals surface area contributed by atoms with Crippen LogP contribution in [0, 0.1) is 0 Å². The van der Waals surface area contributed by atoms with Crippen LogP contribution in [0.1, 0.15) is 153 Å². The molecule has 63 heavy (non-hydrogen) atoms. The summed E-state index contributed by atoms with van der Waals surface area (Å²) in [6.45, 7) is 38.0. The van der Waals surface area contributed by atoms with Crippen molar-refractivity contribution in [2.45, 2.75) is 143 Å². The van der Waals surface area contributed by atoms with Gasteiger partial charge in [-0.15, -0.1) is 0 Å². The summed E-state index contributed by atoms with van der Waals surface area (Å²) in [5.41, 5.74) is 26.0. The number of rotatable bonds is 6. The molecule has 324 valence electrons. The SMILES string of the molecule is CC1=Cc2c(-c3ccc(C(C)(C)C)cc3)ccc(-c3ccc(C(C)(C)C)cc3)c2[C@@H]1[Si](C)(C)[C@H]1C(C)=Cc2c(-c3ccc(C(C)(C)C)cc3)ccc(-c3ccc(C(C)(C)C)cc3)c21. The number of allylic oxidation sites excluding steroid dienone is 2. The van der Waals surface area contributed by atoms with Gasteiger partial charge in [-0.25, -0.2) is 0 Å². The summed E-state index contributed by atoms with van der Waals surface area (Å²) in [4.78, 5) is 0. The Balaban J connectivity index is 1.33. The van der Waals surface area contributed by atoms with Crippen molar-refractivity contribution in [3.05, 3.63) is 177 Å². The molecule has 6 aromatic rings. The maximum absolute atomic E-state index is 2.70. The first-order valence-electron chi connectivity index (χ1n) is 23.5. The highest BCUT2D eigenvalue weighted by atomic mass is 28.3. The van der Waals surface area contributed by atoms with E-state index in [9.17, 15) is 0 Å². The smallest absolute Gasteiger partial charge is 0.0679 e. The van der Waals surface area contributed by atoms with E-state index < -0.39 is 8.07 Å². The molecule has 0 aromatic heterocycles. The Labute approximate surface area is 382 Å². The third-order valence-corrected chi connectivity index (χ3v) is 19.0. The van der Waals surface area contributed by atoms with E-state index in [2.05, 4.69) is 244 Å². The van der Waals surface area contributed by atoms with Gasteiger partial charge in [-0.2, -0.15) is 0 Å². The van der Waals surface area contributed by atoms with E-state index in [1.165, 1.54) is 100 Å². The fraction of sp³-hybridized carbons (Fsp3) is 0.355. The van der Waals surface area contributed by atoms with E-state index in [1.807, 2.05) is 0 Å². The monoisotopic (exact) mass is 845 g/mol. The highest BCUT2D eigenvalue weighted by molar-refractivity contribution is 6.82. The van der Waals surface area contributed by atoms with Crippen molar-refractivity contribution < 1.29 is 0 Å². The molecule has 0 saturated carbocycles. The molecule has 0 radical (unpaired) electrons. The summed E-state index contributed by atoms with van der Waals surface area (Å²) in [5, 5.41) is 0. The Hall–Kier alpha value is -4.98. The molecule has 0 spiro atoms. The number of hydrogen-bond acceptors (Lipinski definition) is 0. The lowest BCUT2D eigenvalue weighted by Crippen LogP contribution is -2.42. The van der Waals surface area contributed by atoms with Crippen LogP contribution >= 0.6 is 0 Å². The molecule has 2 aliphatic carbocycles. The minimum Gasteiger partial charge on any atom is -0.0679 e. The lowest BCUT2D eigenvalue weighted by Gasteiger charge is -2.40. The number of benzene rings is 6. The summed E-state index contributed by atoms with van der Waals surface area (Å²) >= 11 is 0. The molecule has 0 aliphatic heterocycles. The number of fused-ring (bicyclic) bond motifs is 2. The molecule has 0 unspecified atom stereocenters. The van der Waals surface area contributed by atoms with Crippen molar-refractivity contribution in [2.24, 2.45) is 0 Å². The van der Waals surface area contributed by atoms with Gasteiger partial charge in [0.25, 0.3) is 0 Å². The van der Waals surface area contributed by atoms with Crippen LogP contribution in [0.3, 0.4) is 0 Å². The van der Waals surface area contributed by atoms with Gasteiger partial charge < -0.3 is 0 Å². The quantitative estimate of drug-likeness (QED) is 0.147. The fourth-order valence-electron chi connectivity index (χ4n) is 11.0. The van der Waals surface area contributed by atoms with Crippen LogP contribution in [0.4, 0.5) is 0 Å². The summed E-state index contributed by atoms with van der Waals surface area (Å²) in [6.07, 6.45) is 5.14. The zero-order chi connectivity index (χ0) is 45.6. The minimum atomic E-state index is -2.33. The first-order valence-corrected chi connectivity index (χ1v) is 26.6. The first-order chi connectivity index (χ1) is 29.4. The van der Waals surface area contributed by atoms with Crippen LogP contribution in [0.2, 0.25) is 13.1 Å². The molecule has 8 rings (SSSR count). The van der Waals surface area contributed by atoms with Gasteiger partial charge in [0.1, 0.15) is 0 Å². The fourth-order valence-corrected chi connectivity index (χ4v) is 15.9. The van der Waals surface area contributed by atoms with Crippen LogP contribution in [0.15, 0.2) is 132 Å². The Morgan fingerprint density at radius 2 is 0.540 bits per heavy atom. The van der Waals surface area contributed by atoms with Crippen molar-refractivity contribution in [2.75, 3.05) is 0 Å². The van der Waals surface area contributed by atoms with Crippen LogP contribution < -0.4 is 0 Å². The van der Waals surface area contributed by atoms with Crippen molar-refractivity contribution in [1.29, 1.82) is 0 Å². The van der Waals surface area contributed by atoms with E-state index >= 15 is 0 Å². The Kier molecular flexibility index (Phi) is 11.1. The molecular formula is C62H72Si. The normalized spacial score (nSPS) is 16.8. The van der Waals surface area contributed by atoms with Crippen molar-refractivity contribution >= 4 is 20.2 Å². The summed E-state index contributed by atoms with van der Waals surface area (Å²) in [6, 6.07) is 47.5. The number of hydrogen-bond donors (Lipinski definition) is 0. The first kappa shape index (κ1) is 44.6. The van der Waals surface area contributed by atoms with Gasteiger partial charge in [-0.05, 0) is 125 Å². The molecule has 0 bridgehead atoms. The van der Waals surface area contributed by atoms with E-state index in [0.717, 1.165) is 0 Å². The second-order valence-corrected chi connectivity index (χ2v) is 28.5. The zero-order valence-corrected chi connectivity index (χ0v) is 42.4. The largest absolute Gasteiger partial charge is 0.0722 e. The predicted octanol–water partition coefficient (Wildman–Crippen LogP) is 18.0. The lowest BCUT2D eigenvalue weighted by molar-refractivity contribution is 0.590. The van der Waals surface area contributed by atoms with E-state index in [1.54, 1.807) is 0 Å². The molecule has 0 heterocycles. The van der Waals surface area contributed by atoms with E-state index in [-0.39, 0.29) is 21.7 Å². The van der Waals surface area contributed by atoms with Crippen molar-refractivity contribution in [1.82, 2.24) is 0 Å². The average molecular weight is 845 g/mol. The lowest BCUT2D eigenvalue weighted by atomic mass is 9.84. The molecule has 0 amide bonds. The van der Waals surface area contributed by atoms with Gasteiger partial charge in [0.15, 0.2) is 0 Å². The molecule has 0 N–H and O–H groups in total. The van der Waals surface area contributed by atoms with Gasteiger partial charge in [0.05, 0.1) is 8.07 Å². The molecule has 6 aromatic carbocycles. The van der Waals surface area contributed by atoms with Gasteiger partial charge in [0.2, 0.25) is 0 Å². The Morgan fingerprint density at radius 3 is 0.778 bits per heavy atom. The maximum Gasteiger partial charge on any atom is 0.0722 e. The van der Waals surface area contributed by atoms with Crippen molar-refractivity contribution in [3.8, 4) is 44.5 Å². The van der Waals surface area contributed by atoms with Crippen LogP contribution in [-0.4, -0.2) is 8.07 Å². The third kappa shape index (κ3) is 8.21. The highest BCUT2D eigenvalue weighted by Gasteiger charge is 2.49. The predicted molar refractivity (Wildman–Crippen MR) is 280 cm³/mol. The summed E-state index contributed by atoms with van der Waals surface area (Å²) < 4.78 is 0. The Bertz CT molecular complexity index is 2550. The van der Waals surface area contributed by atoms with E-state index in [4.69, 9.17) is 0 Å². The topological polar surface area (TPSA) is 0 Å². The molecule has 1 heteroatoms. The van der Waals surface area contributed by atoms with Crippen LogP contribution in [0.5, 0.6) is 0 Å². The average Bonchev–Trinajstić information content (AvgIpc) is 3.76. The second kappa shape index (κ2) is 15.6. The maximum atomic E-state index is 2.70. The third-order valence-electron chi connectivity index (χ3n) is 14.5. The highest BCUT2D eigenvalue weighted by Crippen LogP contribution is 2.58. The summed E-state index contributed by atoms with van der Waals surface area (Å²) in [7, 11) is -2.33. The van der Waals surface area contributed by atoms with Gasteiger partial charge in [-0.3, -0.25) is 0 Å². The zero-order valence-electron chi connectivity index (χ0n) is 41.4.